The van der Waals surface area contributed by atoms with E-state index in [1.807, 2.05) is 0 Å². The molecule has 1 atom stereocenters. The lowest BCUT2D eigenvalue weighted by atomic mass is 10.2. The van der Waals surface area contributed by atoms with Crippen molar-refractivity contribution in [3.05, 3.63) is 36.5 Å². The van der Waals surface area contributed by atoms with E-state index < -0.39 is 22.0 Å². The zero-order chi connectivity index (χ0) is 14.9. The minimum atomic E-state index is -3.90. The largest absolute Gasteiger partial charge is 0.480 e. The van der Waals surface area contributed by atoms with Crippen molar-refractivity contribution in [3.63, 3.8) is 0 Å². The van der Waals surface area contributed by atoms with E-state index in [0.717, 1.165) is 4.31 Å². The smallest absolute Gasteiger partial charge is 0.321 e. The van der Waals surface area contributed by atoms with Crippen LogP contribution in [0.1, 0.15) is 6.92 Å². The molecule has 0 aliphatic rings. The number of carbonyl (C=O) groups is 1. The summed E-state index contributed by atoms with van der Waals surface area (Å²) in [6, 6.07) is 6.88. The molecule has 106 valence electrons. The van der Waals surface area contributed by atoms with E-state index in [4.69, 9.17) is 5.11 Å². The molecule has 0 saturated heterocycles. The second-order valence-corrected chi connectivity index (χ2v) is 6.33. The first kappa shape index (κ1) is 14.4. The zero-order valence-electron chi connectivity index (χ0n) is 11.0. The minimum Gasteiger partial charge on any atom is -0.480 e. The van der Waals surface area contributed by atoms with Crippen molar-refractivity contribution in [2.45, 2.75) is 17.9 Å². The molecule has 0 amide bonds. The van der Waals surface area contributed by atoms with E-state index in [-0.39, 0.29) is 4.90 Å². The monoisotopic (exact) mass is 294 g/mol. The van der Waals surface area contributed by atoms with E-state index in [9.17, 15) is 13.2 Å². The van der Waals surface area contributed by atoms with Gasteiger partial charge in [0.25, 0.3) is 0 Å². The molecule has 1 unspecified atom stereocenters. The van der Waals surface area contributed by atoms with Crippen LogP contribution in [0.15, 0.2) is 41.4 Å². The highest BCUT2D eigenvalue weighted by molar-refractivity contribution is 7.89. The molecule has 1 aromatic carbocycles. The van der Waals surface area contributed by atoms with Crippen LogP contribution in [0.2, 0.25) is 0 Å². The minimum absolute atomic E-state index is 0.0544. The number of carboxylic acids is 1. The van der Waals surface area contributed by atoms with Crippen molar-refractivity contribution in [2.75, 3.05) is 7.05 Å². The van der Waals surface area contributed by atoms with Crippen LogP contribution in [0.3, 0.4) is 0 Å². The van der Waals surface area contributed by atoms with Crippen molar-refractivity contribution in [2.24, 2.45) is 0 Å². The van der Waals surface area contributed by atoms with Gasteiger partial charge in [-0.05, 0) is 31.2 Å². The quantitative estimate of drug-likeness (QED) is 0.919. The normalized spacial score (nSPS) is 13.6. The number of aliphatic carboxylic acids is 1. The van der Waals surface area contributed by atoms with Gasteiger partial charge in [0, 0.05) is 18.6 Å². The van der Waals surface area contributed by atoms with Crippen LogP contribution in [0.5, 0.6) is 0 Å². The maximum absolute atomic E-state index is 12.5. The van der Waals surface area contributed by atoms with Crippen molar-refractivity contribution >= 4 is 26.9 Å². The molecular weight excluding hydrogens is 280 g/mol. The molecule has 0 bridgehead atoms. The fraction of sp³-hybridized carbons (Fsp3) is 0.231. The van der Waals surface area contributed by atoms with E-state index in [1.165, 1.54) is 20.0 Å². The lowest BCUT2D eigenvalue weighted by Gasteiger charge is -2.21. The van der Waals surface area contributed by atoms with Crippen molar-refractivity contribution < 1.29 is 18.3 Å². The van der Waals surface area contributed by atoms with Crippen LogP contribution >= 0.6 is 0 Å². The van der Waals surface area contributed by atoms with Gasteiger partial charge in [0.2, 0.25) is 10.0 Å². The summed E-state index contributed by atoms with van der Waals surface area (Å²) in [6.07, 6.45) is 1.57. The lowest BCUT2D eigenvalue weighted by Crippen LogP contribution is -2.40. The molecule has 0 aliphatic heterocycles. The first-order valence-corrected chi connectivity index (χ1v) is 7.34. The number of hydrogen-bond acceptors (Lipinski definition) is 4. The number of benzene rings is 1. The Hall–Kier alpha value is -1.99. The van der Waals surface area contributed by atoms with Gasteiger partial charge in [-0.25, -0.2) is 8.42 Å². The average molecular weight is 294 g/mol. The van der Waals surface area contributed by atoms with Gasteiger partial charge in [0.15, 0.2) is 0 Å². The van der Waals surface area contributed by atoms with Crippen LogP contribution in [0.25, 0.3) is 10.9 Å². The standard InChI is InChI=1S/C13H14N2O4S/c1-9(13(16)17)15(2)20(18,19)12-7-3-6-11-10(12)5-4-8-14-11/h3-9H,1-2H3,(H,16,17). The van der Waals surface area contributed by atoms with Crippen LogP contribution < -0.4 is 0 Å². The number of hydrogen-bond donors (Lipinski definition) is 1. The Morgan fingerprint density at radius 2 is 2.00 bits per heavy atom. The molecule has 0 spiro atoms. The predicted molar refractivity (Wildman–Crippen MR) is 73.8 cm³/mol. The molecule has 0 aliphatic carbocycles. The first-order valence-electron chi connectivity index (χ1n) is 5.90. The van der Waals surface area contributed by atoms with Gasteiger partial charge >= 0.3 is 5.97 Å². The van der Waals surface area contributed by atoms with Gasteiger partial charge in [-0.1, -0.05) is 6.07 Å². The Labute approximate surface area is 116 Å². The lowest BCUT2D eigenvalue weighted by molar-refractivity contribution is -0.140. The highest BCUT2D eigenvalue weighted by Gasteiger charge is 2.30. The number of likely N-dealkylation sites (N-methyl/N-ethyl adjacent to an activating group) is 1. The summed E-state index contributed by atoms with van der Waals surface area (Å²) >= 11 is 0. The van der Waals surface area contributed by atoms with E-state index in [2.05, 4.69) is 4.98 Å². The van der Waals surface area contributed by atoms with E-state index in [1.54, 1.807) is 30.5 Å². The molecule has 2 aromatic rings. The maximum atomic E-state index is 12.5. The van der Waals surface area contributed by atoms with Crippen LogP contribution in [0.4, 0.5) is 0 Å². The molecule has 7 heteroatoms. The Balaban J connectivity index is 2.61. The zero-order valence-corrected chi connectivity index (χ0v) is 11.8. The molecule has 2 rings (SSSR count). The van der Waals surface area contributed by atoms with Crippen molar-refractivity contribution in [1.82, 2.24) is 9.29 Å². The topological polar surface area (TPSA) is 87.6 Å². The second kappa shape index (κ2) is 5.18. The molecular formula is C13H14N2O4S. The summed E-state index contributed by atoms with van der Waals surface area (Å²) in [5.74, 6) is -1.20. The predicted octanol–water partition coefficient (Wildman–Crippen LogP) is 1.33. The van der Waals surface area contributed by atoms with E-state index >= 15 is 0 Å². The molecule has 1 heterocycles. The summed E-state index contributed by atoms with van der Waals surface area (Å²) in [5.41, 5.74) is 0.546. The fourth-order valence-electron chi connectivity index (χ4n) is 1.82. The highest BCUT2D eigenvalue weighted by Crippen LogP contribution is 2.24. The third-order valence-corrected chi connectivity index (χ3v) is 5.15. The number of sulfonamides is 1. The first-order chi connectivity index (χ1) is 9.35. The molecule has 6 nitrogen and oxygen atoms in total. The molecule has 0 fully saturated rings. The molecule has 20 heavy (non-hydrogen) atoms. The Morgan fingerprint density at radius 1 is 1.30 bits per heavy atom. The van der Waals surface area contributed by atoms with Gasteiger partial charge in [-0.3, -0.25) is 9.78 Å². The third-order valence-electron chi connectivity index (χ3n) is 3.17. The summed E-state index contributed by atoms with van der Waals surface area (Å²) in [5, 5.41) is 9.43. The number of pyridine rings is 1. The number of aromatic nitrogens is 1. The molecule has 0 saturated carbocycles. The maximum Gasteiger partial charge on any atom is 0.321 e. The second-order valence-electron chi connectivity index (χ2n) is 4.36. The average Bonchev–Trinajstić information content (AvgIpc) is 2.44. The Kier molecular flexibility index (Phi) is 3.74. The van der Waals surface area contributed by atoms with E-state index in [0.29, 0.717) is 10.9 Å². The Morgan fingerprint density at radius 3 is 2.65 bits per heavy atom. The van der Waals surface area contributed by atoms with Gasteiger partial charge in [0.05, 0.1) is 10.4 Å². The third kappa shape index (κ3) is 2.37. The number of carboxylic acid groups (broad SMARTS) is 1. The van der Waals surface area contributed by atoms with Gasteiger partial charge < -0.3 is 5.11 Å². The molecule has 1 N–H and O–H groups in total. The SMILES string of the molecule is CC(C(=O)O)N(C)S(=O)(=O)c1cccc2ncccc12. The van der Waals surface area contributed by atoms with Crippen LogP contribution in [-0.4, -0.2) is 41.9 Å². The van der Waals surface area contributed by atoms with Gasteiger partial charge in [0.1, 0.15) is 6.04 Å². The Bertz CT molecular complexity index is 753. The van der Waals surface area contributed by atoms with Crippen molar-refractivity contribution in [3.8, 4) is 0 Å². The van der Waals surface area contributed by atoms with Crippen LogP contribution in [-0.2, 0) is 14.8 Å². The van der Waals surface area contributed by atoms with Gasteiger partial charge in [-0.15, -0.1) is 0 Å². The fourth-order valence-corrected chi connectivity index (χ4v) is 3.34. The number of nitrogens with zero attached hydrogens (tertiary/aromatic N) is 2. The van der Waals surface area contributed by atoms with Crippen molar-refractivity contribution in [1.29, 1.82) is 0 Å². The highest BCUT2D eigenvalue weighted by atomic mass is 32.2. The summed E-state index contributed by atoms with van der Waals surface area (Å²) < 4.78 is 25.9. The van der Waals surface area contributed by atoms with Gasteiger partial charge in [-0.2, -0.15) is 4.31 Å². The molecule has 1 aromatic heterocycles. The summed E-state index contributed by atoms with van der Waals surface area (Å²) in [7, 11) is -2.64. The summed E-state index contributed by atoms with van der Waals surface area (Å²) in [6.45, 7) is 1.32. The number of fused-ring (bicyclic) bond motifs is 1. The van der Waals surface area contributed by atoms with Crippen LogP contribution in [0, 0.1) is 0 Å². The molecule has 0 radical (unpaired) electrons. The number of rotatable bonds is 4. The summed E-state index contributed by atoms with van der Waals surface area (Å²) in [4.78, 5) is 15.1.